The topological polar surface area (TPSA) is 50.4 Å². The Morgan fingerprint density at radius 2 is 1.64 bits per heavy atom. The van der Waals surface area contributed by atoms with E-state index in [2.05, 4.69) is 10.6 Å². The number of benzene rings is 2. The molecule has 0 saturated carbocycles. The first-order chi connectivity index (χ1) is 10.6. The number of amides is 2. The van der Waals surface area contributed by atoms with Gasteiger partial charge in [0.05, 0.1) is 0 Å². The lowest BCUT2D eigenvalue weighted by atomic mass is 10.1. The third-order valence-corrected chi connectivity index (χ3v) is 3.02. The van der Waals surface area contributed by atoms with E-state index in [1.165, 1.54) is 0 Å². The van der Waals surface area contributed by atoms with Crippen molar-refractivity contribution in [1.82, 2.24) is 10.6 Å². The van der Waals surface area contributed by atoms with E-state index < -0.39 is 0 Å². The molecule has 0 radical (unpaired) electrons. The minimum Gasteiger partial charge on any atom is -0.457 e. The van der Waals surface area contributed by atoms with Crippen LogP contribution in [0.1, 0.15) is 19.4 Å². The Kier molecular flexibility index (Phi) is 5.83. The van der Waals surface area contributed by atoms with E-state index >= 15 is 0 Å². The number of rotatable bonds is 6. The SMILES string of the molecule is CC(C)NC(=O)NCCc1ccc(Oc2ccccc2)cc1. The number of carbonyl (C=O) groups excluding carboxylic acids is 1. The summed E-state index contributed by atoms with van der Waals surface area (Å²) in [6, 6.07) is 17.6. The molecular weight excluding hydrogens is 276 g/mol. The van der Waals surface area contributed by atoms with Crippen molar-refractivity contribution in [3.63, 3.8) is 0 Å². The summed E-state index contributed by atoms with van der Waals surface area (Å²) < 4.78 is 5.74. The van der Waals surface area contributed by atoms with Gasteiger partial charge in [0.1, 0.15) is 11.5 Å². The summed E-state index contributed by atoms with van der Waals surface area (Å²) >= 11 is 0. The minimum atomic E-state index is -0.126. The fourth-order valence-electron chi connectivity index (χ4n) is 1.98. The van der Waals surface area contributed by atoms with Gasteiger partial charge in [0, 0.05) is 12.6 Å². The van der Waals surface area contributed by atoms with Gasteiger partial charge in [-0.1, -0.05) is 30.3 Å². The van der Waals surface area contributed by atoms with Crippen molar-refractivity contribution >= 4 is 6.03 Å². The average molecular weight is 298 g/mol. The van der Waals surface area contributed by atoms with Crippen molar-refractivity contribution < 1.29 is 9.53 Å². The van der Waals surface area contributed by atoms with Gasteiger partial charge < -0.3 is 15.4 Å². The highest BCUT2D eigenvalue weighted by Gasteiger charge is 2.02. The predicted octanol–water partition coefficient (Wildman–Crippen LogP) is 3.73. The molecule has 0 atom stereocenters. The molecule has 2 rings (SSSR count). The maximum absolute atomic E-state index is 11.5. The fraction of sp³-hybridized carbons (Fsp3) is 0.278. The molecular formula is C18H22N2O2. The average Bonchev–Trinajstić information content (AvgIpc) is 2.49. The van der Waals surface area contributed by atoms with Gasteiger partial charge in [-0.2, -0.15) is 0 Å². The van der Waals surface area contributed by atoms with Crippen LogP contribution in [-0.4, -0.2) is 18.6 Å². The van der Waals surface area contributed by atoms with Gasteiger partial charge in [0.15, 0.2) is 0 Å². The van der Waals surface area contributed by atoms with Crippen LogP contribution in [0.4, 0.5) is 4.79 Å². The molecule has 4 heteroatoms. The summed E-state index contributed by atoms with van der Waals surface area (Å²) in [6.07, 6.45) is 0.789. The monoisotopic (exact) mass is 298 g/mol. The maximum Gasteiger partial charge on any atom is 0.314 e. The Morgan fingerprint density at radius 1 is 1.00 bits per heavy atom. The molecule has 0 saturated heterocycles. The van der Waals surface area contributed by atoms with Crippen LogP contribution in [-0.2, 0) is 6.42 Å². The standard InChI is InChI=1S/C18H22N2O2/c1-14(2)20-18(21)19-13-12-15-8-10-17(11-9-15)22-16-6-4-3-5-7-16/h3-11,14H,12-13H2,1-2H3,(H2,19,20,21). The number of ether oxygens (including phenoxy) is 1. The molecule has 0 unspecified atom stereocenters. The van der Waals surface area contributed by atoms with Crippen LogP contribution >= 0.6 is 0 Å². The second-order valence-corrected chi connectivity index (χ2v) is 5.36. The van der Waals surface area contributed by atoms with Gasteiger partial charge in [0.2, 0.25) is 0 Å². The first kappa shape index (κ1) is 15.9. The van der Waals surface area contributed by atoms with E-state index in [0.717, 1.165) is 23.5 Å². The number of carbonyl (C=O) groups is 1. The van der Waals surface area contributed by atoms with Gasteiger partial charge >= 0.3 is 6.03 Å². The summed E-state index contributed by atoms with van der Waals surface area (Å²) in [5, 5.41) is 5.63. The van der Waals surface area contributed by atoms with Crippen LogP contribution in [0.15, 0.2) is 54.6 Å². The van der Waals surface area contributed by atoms with Crippen molar-refractivity contribution in [3.8, 4) is 11.5 Å². The number of hydrogen-bond donors (Lipinski definition) is 2. The highest BCUT2D eigenvalue weighted by molar-refractivity contribution is 5.74. The molecule has 2 aromatic rings. The van der Waals surface area contributed by atoms with Gasteiger partial charge in [-0.15, -0.1) is 0 Å². The Morgan fingerprint density at radius 3 is 2.27 bits per heavy atom. The normalized spacial score (nSPS) is 10.3. The number of hydrogen-bond acceptors (Lipinski definition) is 2. The molecule has 0 aliphatic rings. The molecule has 0 fully saturated rings. The van der Waals surface area contributed by atoms with Crippen LogP contribution < -0.4 is 15.4 Å². The largest absolute Gasteiger partial charge is 0.457 e. The first-order valence-corrected chi connectivity index (χ1v) is 7.49. The highest BCUT2D eigenvalue weighted by Crippen LogP contribution is 2.21. The molecule has 4 nitrogen and oxygen atoms in total. The first-order valence-electron chi connectivity index (χ1n) is 7.49. The van der Waals surface area contributed by atoms with Crippen LogP contribution in [0.5, 0.6) is 11.5 Å². The summed E-state index contributed by atoms with van der Waals surface area (Å²) in [5.74, 6) is 1.63. The molecule has 0 spiro atoms. The molecule has 0 aromatic heterocycles. The molecule has 0 bridgehead atoms. The Bertz CT molecular complexity index is 580. The zero-order valence-electron chi connectivity index (χ0n) is 13.0. The maximum atomic E-state index is 11.5. The molecule has 2 N–H and O–H groups in total. The fourth-order valence-corrected chi connectivity index (χ4v) is 1.98. The van der Waals surface area contributed by atoms with Crippen molar-refractivity contribution in [3.05, 3.63) is 60.2 Å². The van der Waals surface area contributed by atoms with Crippen LogP contribution in [0.2, 0.25) is 0 Å². The molecule has 2 amide bonds. The van der Waals surface area contributed by atoms with Crippen molar-refractivity contribution in [2.45, 2.75) is 26.3 Å². The summed E-state index contributed by atoms with van der Waals surface area (Å²) in [5.41, 5.74) is 1.16. The van der Waals surface area contributed by atoms with Crippen molar-refractivity contribution in [2.24, 2.45) is 0 Å². The van der Waals surface area contributed by atoms with E-state index in [4.69, 9.17) is 4.74 Å². The van der Waals surface area contributed by atoms with Gasteiger partial charge in [0.25, 0.3) is 0 Å². The highest BCUT2D eigenvalue weighted by atomic mass is 16.5. The smallest absolute Gasteiger partial charge is 0.314 e. The van der Waals surface area contributed by atoms with Crippen LogP contribution in [0.25, 0.3) is 0 Å². The lowest BCUT2D eigenvalue weighted by molar-refractivity contribution is 0.238. The Balaban J connectivity index is 1.78. The van der Waals surface area contributed by atoms with E-state index in [9.17, 15) is 4.79 Å². The summed E-state index contributed by atoms with van der Waals surface area (Å²) in [7, 11) is 0. The van der Waals surface area contributed by atoms with Crippen molar-refractivity contribution in [1.29, 1.82) is 0 Å². The predicted molar refractivity (Wildman–Crippen MR) is 88.3 cm³/mol. The quantitative estimate of drug-likeness (QED) is 0.853. The third kappa shape index (κ3) is 5.48. The van der Waals surface area contributed by atoms with E-state index in [0.29, 0.717) is 6.54 Å². The van der Waals surface area contributed by atoms with E-state index in [1.54, 1.807) is 0 Å². The van der Waals surface area contributed by atoms with Gasteiger partial charge in [-0.25, -0.2) is 4.79 Å². The number of para-hydroxylation sites is 1. The molecule has 2 aromatic carbocycles. The lowest BCUT2D eigenvalue weighted by Crippen LogP contribution is -2.40. The zero-order valence-corrected chi connectivity index (χ0v) is 13.0. The number of urea groups is 1. The summed E-state index contributed by atoms with van der Waals surface area (Å²) in [4.78, 5) is 11.5. The van der Waals surface area contributed by atoms with Crippen LogP contribution in [0.3, 0.4) is 0 Å². The number of nitrogens with one attached hydrogen (secondary N) is 2. The van der Waals surface area contributed by atoms with Gasteiger partial charge in [-0.3, -0.25) is 0 Å². The minimum absolute atomic E-state index is 0.126. The Labute approximate surface area is 131 Å². The van der Waals surface area contributed by atoms with E-state index in [-0.39, 0.29) is 12.1 Å². The zero-order chi connectivity index (χ0) is 15.8. The molecule has 22 heavy (non-hydrogen) atoms. The van der Waals surface area contributed by atoms with Gasteiger partial charge in [-0.05, 0) is 50.1 Å². The van der Waals surface area contributed by atoms with Crippen molar-refractivity contribution in [2.75, 3.05) is 6.54 Å². The molecule has 0 aliphatic carbocycles. The van der Waals surface area contributed by atoms with Crippen LogP contribution in [0, 0.1) is 0 Å². The molecule has 0 aliphatic heterocycles. The summed E-state index contributed by atoms with van der Waals surface area (Å²) in [6.45, 7) is 4.48. The molecule has 0 heterocycles. The molecule has 116 valence electrons. The van der Waals surface area contributed by atoms with E-state index in [1.807, 2.05) is 68.4 Å². The Hall–Kier alpha value is -2.49. The second-order valence-electron chi connectivity index (χ2n) is 5.36. The second kappa shape index (κ2) is 8.08. The lowest BCUT2D eigenvalue weighted by Gasteiger charge is -2.10. The third-order valence-electron chi connectivity index (χ3n) is 3.02.